The number of ether oxygens (including phenoxy) is 1. The fourth-order valence-electron chi connectivity index (χ4n) is 0.855. The van der Waals surface area contributed by atoms with Crippen LogP contribution in [0.3, 0.4) is 0 Å². The molecule has 1 rings (SSSR count). The molecule has 0 saturated carbocycles. The first-order valence-electron chi connectivity index (χ1n) is 3.61. The molecule has 0 aromatic rings. The zero-order chi connectivity index (χ0) is 8.10. The zero-order valence-electron chi connectivity index (χ0n) is 6.88. The summed E-state index contributed by atoms with van der Waals surface area (Å²) in [4.78, 5) is 12.1. The lowest BCUT2D eigenvalue weighted by atomic mass is 10.6. The van der Waals surface area contributed by atoms with Gasteiger partial charge in [0.1, 0.15) is 12.1 Å². The number of thioether (sulfide) groups is 1. The van der Waals surface area contributed by atoms with Gasteiger partial charge in [-0.1, -0.05) is 11.8 Å². The molecule has 5 heteroatoms. The Bertz CT molecular complexity index is 175. The second-order valence-electron chi connectivity index (χ2n) is 2.25. The molecule has 12 heavy (non-hydrogen) atoms. The molecule has 1 heterocycles. The molecule has 0 spiro atoms. The molecule has 70 valence electrons. The van der Waals surface area contributed by atoms with Gasteiger partial charge in [0, 0.05) is 5.41 Å². The first kappa shape index (κ1) is 12.0. The lowest BCUT2D eigenvalue weighted by Gasteiger charge is -2.06. The molecule has 0 saturated heterocycles. The monoisotopic (exact) mass is 253 g/mol. The molecule has 1 N–H and O–H groups in total. The molecule has 3 nitrogen and oxygen atoms in total. The lowest BCUT2D eigenvalue weighted by Crippen LogP contribution is -3.06. The van der Waals surface area contributed by atoms with E-state index in [1.165, 1.54) is 0 Å². The molecule has 1 aliphatic rings. The number of quaternary nitrogens is 1. The number of esters is 1. The van der Waals surface area contributed by atoms with E-state index in [1.54, 1.807) is 11.8 Å². The van der Waals surface area contributed by atoms with Crippen LogP contribution < -0.4 is 21.9 Å². The summed E-state index contributed by atoms with van der Waals surface area (Å²) < 4.78 is 4.80. The van der Waals surface area contributed by atoms with Crippen LogP contribution in [0.1, 0.15) is 6.92 Å². The minimum Gasteiger partial charge on any atom is -1.00 e. The van der Waals surface area contributed by atoms with Crippen LogP contribution >= 0.6 is 11.8 Å². The van der Waals surface area contributed by atoms with Crippen LogP contribution in [0, 0.1) is 0 Å². The van der Waals surface area contributed by atoms with Gasteiger partial charge in [-0.2, -0.15) is 0 Å². The predicted octanol–water partition coefficient (Wildman–Crippen LogP) is -3.39. The molecular formula is C7H12BrNO2S. The van der Waals surface area contributed by atoms with Crippen LogP contribution in [0.4, 0.5) is 0 Å². The van der Waals surface area contributed by atoms with E-state index in [9.17, 15) is 4.79 Å². The average molecular weight is 254 g/mol. The van der Waals surface area contributed by atoms with Crippen molar-refractivity contribution in [2.24, 2.45) is 0 Å². The average Bonchev–Trinajstić information content (AvgIpc) is 2.40. The van der Waals surface area contributed by atoms with Crippen molar-refractivity contribution in [2.75, 3.05) is 19.0 Å². The third-order valence-electron chi connectivity index (χ3n) is 1.35. The number of carbonyl (C=O) groups excluding carboxylic acids is 1. The van der Waals surface area contributed by atoms with Gasteiger partial charge in [-0.15, -0.1) is 0 Å². The van der Waals surface area contributed by atoms with E-state index < -0.39 is 0 Å². The molecule has 1 aliphatic heterocycles. The molecule has 0 radical (unpaired) electrons. The van der Waals surface area contributed by atoms with Crippen LogP contribution in [0.2, 0.25) is 0 Å². The maximum Gasteiger partial charge on any atom is 0.362 e. The van der Waals surface area contributed by atoms with Crippen molar-refractivity contribution >= 4 is 17.7 Å². The Labute approximate surface area is 86.9 Å². The van der Waals surface area contributed by atoms with Gasteiger partial charge >= 0.3 is 5.97 Å². The summed E-state index contributed by atoms with van der Waals surface area (Å²) in [7, 11) is 0. The molecule has 0 amide bonds. The molecular weight excluding hydrogens is 242 g/mol. The fraction of sp³-hybridized carbons (Fsp3) is 0.571. The summed E-state index contributed by atoms with van der Waals surface area (Å²) in [6.07, 6.45) is 1.99. The second kappa shape index (κ2) is 6.51. The standard InChI is InChI=1S/C7H11NO2S.BrH/c1-2-10-7(9)5-8-3-4-11-6-8;/h3-4H,2,5-6H2,1H3;1H. The maximum atomic E-state index is 10.9. The molecule has 0 bridgehead atoms. The molecule has 1 unspecified atom stereocenters. The molecule has 0 aliphatic carbocycles. The summed E-state index contributed by atoms with van der Waals surface area (Å²) >= 11 is 1.72. The first-order chi connectivity index (χ1) is 5.33. The fourth-order valence-corrected chi connectivity index (χ4v) is 1.65. The molecule has 1 atom stereocenters. The van der Waals surface area contributed by atoms with Gasteiger partial charge in [0.2, 0.25) is 0 Å². The highest BCUT2D eigenvalue weighted by atomic mass is 79.9. The number of hydrogen-bond donors (Lipinski definition) is 1. The number of carbonyl (C=O) groups is 1. The van der Waals surface area contributed by atoms with Crippen molar-refractivity contribution in [3.63, 3.8) is 0 Å². The van der Waals surface area contributed by atoms with Crippen molar-refractivity contribution in [1.82, 2.24) is 0 Å². The van der Waals surface area contributed by atoms with Crippen LogP contribution in [-0.2, 0) is 9.53 Å². The van der Waals surface area contributed by atoms with Crippen LogP contribution in [0.15, 0.2) is 11.6 Å². The van der Waals surface area contributed by atoms with Crippen molar-refractivity contribution in [2.45, 2.75) is 6.92 Å². The van der Waals surface area contributed by atoms with Crippen LogP contribution in [-0.4, -0.2) is 25.0 Å². The van der Waals surface area contributed by atoms with Gasteiger partial charge in [-0.25, -0.2) is 4.79 Å². The van der Waals surface area contributed by atoms with Gasteiger partial charge in [0.05, 0.1) is 6.61 Å². The van der Waals surface area contributed by atoms with Crippen molar-refractivity contribution in [3.05, 3.63) is 11.6 Å². The highest BCUT2D eigenvalue weighted by Gasteiger charge is 2.15. The third-order valence-corrected chi connectivity index (χ3v) is 2.21. The largest absolute Gasteiger partial charge is 1.00 e. The second-order valence-corrected chi connectivity index (χ2v) is 3.15. The van der Waals surface area contributed by atoms with E-state index in [1.807, 2.05) is 18.5 Å². The van der Waals surface area contributed by atoms with E-state index in [4.69, 9.17) is 4.74 Å². The van der Waals surface area contributed by atoms with E-state index in [2.05, 4.69) is 0 Å². The zero-order valence-corrected chi connectivity index (χ0v) is 9.28. The summed E-state index contributed by atoms with van der Waals surface area (Å²) in [6, 6.07) is 0. The quantitative estimate of drug-likeness (QED) is 0.533. The topological polar surface area (TPSA) is 30.7 Å². The van der Waals surface area contributed by atoms with Gasteiger partial charge in [0.25, 0.3) is 0 Å². The SMILES string of the molecule is CCOC(=O)C[NH+]1C=CSC1.[Br-]. The minimum atomic E-state index is -0.116. The smallest absolute Gasteiger partial charge is 0.362 e. The number of halogens is 1. The Morgan fingerprint density at radius 3 is 3.00 bits per heavy atom. The maximum absolute atomic E-state index is 10.9. The van der Waals surface area contributed by atoms with E-state index in [-0.39, 0.29) is 23.0 Å². The van der Waals surface area contributed by atoms with Crippen LogP contribution in [0.25, 0.3) is 0 Å². The summed E-state index contributed by atoms with van der Waals surface area (Å²) in [5.74, 6) is 0.827. The Balaban J connectivity index is 0.00000121. The van der Waals surface area contributed by atoms with E-state index in [0.717, 1.165) is 10.8 Å². The number of nitrogens with one attached hydrogen (secondary N) is 1. The summed E-state index contributed by atoms with van der Waals surface area (Å²) in [6.45, 7) is 2.75. The third kappa shape index (κ3) is 4.13. The highest BCUT2D eigenvalue weighted by molar-refractivity contribution is 8.02. The Kier molecular flexibility index (Phi) is 6.51. The molecule has 0 fully saturated rings. The number of hydrogen-bond acceptors (Lipinski definition) is 3. The summed E-state index contributed by atoms with van der Waals surface area (Å²) in [5.41, 5.74) is 0. The van der Waals surface area contributed by atoms with Crippen molar-refractivity contribution < 1.29 is 31.4 Å². The molecule has 0 aromatic carbocycles. The summed E-state index contributed by atoms with van der Waals surface area (Å²) in [5, 5.41) is 2.01. The van der Waals surface area contributed by atoms with Gasteiger partial charge in [0.15, 0.2) is 6.54 Å². The first-order valence-corrected chi connectivity index (χ1v) is 4.66. The van der Waals surface area contributed by atoms with Crippen molar-refractivity contribution in [1.29, 1.82) is 0 Å². The Morgan fingerprint density at radius 1 is 1.75 bits per heavy atom. The van der Waals surface area contributed by atoms with Gasteiger partial charge in [-0.3, -0.25) is 4.90 Å². The Hall–Kier alpha value is -0.000000000000000111. The van der Waals surface area contributed by atoms with E-state index >= 15 is 0 Å². The molecule has 0 aromatic heterocycles. The normalized spacial score (nSPS) is 20.2. The number of rotatable bonds is 3. The Morgan fingerprint density at radius 2 is 2.50 bits per heavy atom. The van der Waals surface area contributed by atoms with Gasteiger partial charge < -0.3 is 21.7 Å². The lowest BCUT2D eigenvalue weighted by molar-refractivity contribution is -0.821. The van der Waals surface area contributed by atoms with Gasteiger partial charge in [-0.05, 0) is 6.92 Å². The minimum absolute atomic E-state index is 0. The highest BCUT2D eigenvalue weighted by Crippen LogP contribution is 1.99. The predicted molar refractivity (Wildman–Crippen MR) is 44.1 cm³/mol. The van der Waals surface area contributed by atoms with Crippen LogP contribution in [0.5, 0.6) is 0 Å². The van der Waals surface area contributed by atoms with E-state index in [0.29, 0.717) is 13.2 Å². The van der Waals surface area contributed by atoms with Crippen molar-refractivity contribution in [3.8, 4) is 0 Å².